The van der Waals surface area contributed by atoms with Crippen LogP contribution in [0.3, 0.4) is 0 Å². The Hall–Kier alpha value is -1.75. The van der Waals surface area contributed by atoms with Crippen molar-refractivity contribution >= 4 is 5.91 Å². The second-order valence-electron chi connectivity index (χ2n) is 5.17. The van der Waals surface area contributed by atoms with Crippen molar-refractivity contribution in [3.63, 3.8) is 0 Å². The minimum absolute atomic E-state index is 0.296. The van der Waals surface area contributed by atoms with E-state index in [1.54, 1.807) is 14.2 Å². The van der Waals surface area contributed by atoms with Crippen LogP contribution in [0.25, 0.3) is 0 Å². The van der Waals surface area contributed by atoms with Gasteiger partial charge in [-0.05, 0) is 25.5 Å². The van der Waals surface area contributed by atoms with Crippen LogP contribution in [-0.2, 0) is 11.3 Å². The number of hydrogen-bond acceptors (Lipinski definition) is 4. The van der Waals surface area contributed by atoms with Crippen LogP contribution in [-0.4, -0.2) is 44.7 Å². The Balaban J connectivity index is 1.74. The fourth-order valence-electron chi connectivity index (χ4n) is 2.65. The third-order valence-electron chi connectivity index (χ3n) is 3.75. The summed E-state index contributed by atoms with van der Waals surface area (Å²) >= 11 is 0. The maximum absolute atomic E-state index is 11.5. The van der Waals surface area contributed by atoms with Gasteiger partial charge >= 0.3 is 0 Å². The van der Waals surface area contributed by atoms with E-state index in [0.29, 0.717) is 12.3 Å². The first-order chi connectivity index (χ1) is 10.3. The zero-order chi connectivity index (χ0) is 15.1. The summed E-state index contributed by atoms with van der Waals surface area (Å²) in [6, 6.07) is 5.88. The molecule has 1 saturated heterocycles. The minimum atomic E-state index is 0.296. The van der Waals surface area contributed by atoms with Gasteiger partial charge < -0.3 is 19.7 Å². The summed E-state index contributed by atoms with van der Waals surface area (Å²) < 4.78 is 10.7. The molecular formula is C16H24N2O3. The van der Waals surface area contributed by atoms with E-state index in [0.717, 1.165) is 56.1 Å². The van der Waals surface area contributed by atoms with Gasteiger partial charge in [0.2, 0.25) is 5.91 Å². The highest BCUT2D eigenvalue weighted by molar-refractivity contribution is 5.77. The molecule has 1 N–H and O–H groups in total. The highest BCUT2D eigenvalue weighted by atomic mass is 16.5. The van der Waals surface area contributed by atoms with Gasteiger partial charge in [-0.1, -0.05) is 12.1 Å². The molecule has 5 heteroatoms. The summed E-state index contributed by atoms with van der Waals surface area (Å²) in [7, 11) is 3.29. The highest BCUT2D eigenvalue weighted by Gasteiger charge is 2.18. The van der Waals surface area contributed by atoms with Crippen molar-refractivity contribution in [1.29, 1.82) is 0 Å². The number of ether oxygens (including phenoxy) is 2. The van der Waals surface area contributed by atoms with Gasteiger partial charge in [0.15, 0.2) is 11.5 Å². The SMILES string of the molecule is COc1cccc(CNCCCN2CCCC2=O)c1OC. The molecule has 116 valence electrons. The van der Waals surface area contributed by atoms with Crippen LogP contribution >= 0.6 is 0 Å². The molecule has 1 amide bonds. The lowest BCUT2D eigenvalue weighted by atomic mass is 10.2. The normalized spacial score (nSPS) is 14.6. The quantitative estimate of drug-likeness (QED) is 0.742. The molecule has 0 atom stereocenters. The van der Waals surface area contributed by atoms with Gasteiger partial charge in [0.1, 0.15) is 0 Å². The molecule has 5 nitrogen and oxygen atoms in total. The largest absolute Gasteiger partial charge is 0.493 e. The molecule has 1 aliphatic heterocycles. The maximum atomic E-state index is 11.5. The Morgan fingerprint density at radius 3 is 2.81 bits per heavy atom. The molecule has 0 spiro atoms. The van der Waals surface area contributed by atoms with E-state index in [1.165, 1.54) is 0 Å². The van der Waals surface area contributed by atoms with Crippen LogP contribution in [0.1, 0.15) is 24.8 Å². The topological polar surface area (TPSA) is 50.8 Å². The second-order valence-corrected chi connectivity index (χ2v) is 5.17. The summed E-state index contributed by atoms with van der Waals surface area (Å²) in [6.07, 6.45) is 2.69. The van der Waals surface area contributed by atoms with Gasteiger partial charge in [-0.2, -0.15) is 0 Å². The molecule has 1 aliphatic rings. The zero-order valence-electron chi connectivity index (χ0n) is 12.9. The number of hydrogen-bond donors (Lipinski definition) is 1. The molecular weight excluding hydrogens is 268 g/mol. The summed E-state index contributed by atoms with van der Waals surface area (Å²) in [4.78, 5) is 13.4. The third kappa shape index (κ3) is 4.11. The van der Waals surface area contributed by atoms with E-state index >= 15 is 0 Å². The molecule has 0 bridgehead atoms. The molecule has 1 aromatic carbocycles. The molecule has 1 heterocycles. The lowest BCUT2D eigenvalue weighted by Gasteiger charge is -2.16. The first-order valence-electron chi connectivity index (χ1n) is 7.44. The fraction of sp³-hybridized carbons (Fsp3) is 0.562. The lowest BCUT2D eigenvalue weighted by molar-refractivity contribution is -0.127. The smallest absolute Gasteiger partial charge is 0.222 e. The predicted octanol–water partition coefficient (Wildman–Crippen LogP) is 1.81. The Kier molecular flexibility index (Phi) is 5.87. The average molecular weight is 292 g/mol. The van der Waals surface area contributed by atoms with Crippen molar-refractivity contribution in [3.05, 3.63) is 23.8 Å². The van der Waals surface area contributed by atoms with Crippen molar-refractivity contribution in [3.8, 4) is 11.5 Å². The van der Waals surface area contributed by atoms with Gasteiger partial charge in [-0.3, -0.25) is 4.79 Å². The fourth-order valence-corrected chi connectivity index (χ4v) is 2.65. The number of amides is 1. The van der Waals surface area contributed by atoms with E-state index in [-0.39, 0.29) is 0 Å². The number of methoxy groups -OCH3 is 2. The Morgan fingerprint density at radius 1 is 1.29 bits per heavy atom. The summed E-state index contributed by atoms with van der Waals surface area (Å²) in [5.74, 6) is 1.83. The van der Waals surface area contributed by atoms with Crippen LogP contribution in [0.2, 0.25) is 0 Å². The molecule has 0 unspecified atom stereocenters. The van der Waals surface area contributed by atoms with Gasteiger partial charge in [-0.15, -0.1) is 0 Å². The summed E-state index contributed by atoms with van der Waals surface area (Å²) in [5, 5.41) is 3.39. The number of benzene rings is 1. The van der Waals surface area contributed by atoms with Crippen LogP contribution in [0.15, 0.2) is 18.2 Å². The van der Waals surface area contributed by atoms with Gasteiger partial charge in [-0.25, -0.2) is 0 Å². The first kappa shape index (κ1) is 15.6. The molecule has 2 rings (SSSR count). The molecule has 1 fully saturated rings. The van der Waals surface area contributed by atoms with Crippen molar-refractivity contribution in [2.45, 2.75) is 25.8 Å². The van der Waals surface area contributed by atoms with Crippen LogP contribution in [0.4, 0.5) is 0 Å². The Bertz CT molecular complexity index is 477. The van der Waals surface area contributed by atoms with Crippen LogP contribution in [0, 0.1) is 0 Å². The molecule has 0 aliphatic carbocycles. The number of nitrogens with zero attached hydrogens (tertiary/aromatic N) is 1. The van der Waals surface area contributed by atoms with Crippen molar-refractivity contribution in [1.82, 2.24) is 10.2 Å². The lowest BCUT2D eigenvalue weighted by Crippen LogP contribution is -2.28. The predicted molar refractivity (Wildman–Crippen MR) is 81.7 cm³/mol. The van der Waals surface area contributed by atoms with Crippen molar-refractivity contribution < 1.29 is 14.3 Å². The van der Waals surface area contributed by atoms with Gasteiger partial charge in [0, 0.05) is 31.6 Å². The molecule has 1 aromatic rings. The van der Waals surface area contributed by atoms with E-state index in [1.807, 2.05) is 23.1 Å². The number of carbonyl (C=O) groups is 1. The molecule has 0 aromatic heterocycles. The number of rotatable bonds is 8. The minimum Gasteiger partial charge on any atom is -0.493 e. The Morgan fingerprint density at radius 2 is 2.14 bits per heavy atom. The van der Waals surface area contributed by atoms with Crippen molar-refractivity contribution in [2.24, 2.45) is 0 Å². The van der Waals surface area contributed by atoms with E-state index in [9.17, 15) is 4.79 Å². The molecule has 0 saturated carbocycles. The molecule has 21 heavy (non-hydrogen) atoms. The van der Waals surface area contributed by atoms with Crippen LogP contribution < -0.4 is 14.8 Å². The standard InChI is InChI=1S/C16H24N2O3/c1-20-14-7-3-6-13(16(14)21-2)12-17-9-5-11-18-10-4-8-15(18)19/h3,6-7,17H,4-5,8-12H2,1-2H3. The summed E-state index contributed by atoms with van der Waals surface area (Å²) in [5.41, 5.74) is 1.08. The number of likely N-dealkylation sites (tertiary alicyclic amines) is 1. The van der Waals surface area contributed by atoms with E-state index in [2.05, 4.69) is 5.32 Å². The van der Waals surface area contributed by atoms with E-state index in [4.69, 9.17) is 9.47 Å². The monoisotopic (exact) mass is 292 g/mol. The van der Waals surface area contributed by atoms with Crippen LogP contribution in [0.5, 0.6) is 11.5 Å². The highest BCUT2D eigenvalue weighted by Crippen LogP contribution is 2.30. The van der Waals surface area contributed by atoms with Gasteiger partial charge in [0.25, 0.3) is 0 Å². The van der Waals surface area contributed by atoms with E-state index < -0.39 is 0 Å². The first-order valence-corrected chi connectivity index (χ1v) is 7.44. The average Bonchev–Trinajstić information content (AvgIpc) is 2.91. The maximum Gasteiger partial charge on any atom is 0.222 e. The Labute approximate surface area is 126 Å². The summed E-state index contributed by atoms with van der Waals surface area (Å²) in [6.45, 7) is 3.38. The molecule has 0 radical (unpaired) electrons. The zero-order valence-corrected chi connectivity index (χ0v) is 12.9. The second kappa shape index (κ2) is 7.88. The van der Waals surface area contributed by atoms with Crippen molar-refractivity contribution in [2.75, 3.05) is 33.9 Å². The number of para-hydroxylation sites is 1. The third-order valence-corrected chi connectivity index (χ3v) is 3.75. The van der Waals surface area contributed by atoms with Gasteiger partial charge in [0.05, 0.1) is 14.2 Å². The number of carbonyl (C=O) groups excluding carboxylic acids is 1. The number of nitrogens with one attached hydrogen (secondary N) is 1.